The van der Waals surface area contributed by atoms with Crippen molar-refractivity contribution in [1.82, 2.24) is 4.98 Å². The summed E-state index contributed by atoms with van der Waals surface area (Å²) in [7, 11) is -2.39. The number of nitrogens with zero attached hydrogens (tertiary/aromatic N) is 1. The van der Waals surface area contributed by atoms with E-state index in [9.17, 15) is 12.8 Å². The van der Waals surface area contributed by atoms with Gasteiger partial charge >= 0.3 is 6.08 Å². The van der Waals surface area contributed by atoms with E-state index >= 15 is 0 Å². The summed E-state index contributed by atoms with van der Waals surface area (Å²) in [4.78, 5) is 4.43. The van der Waals surface area contributed by atoms with Gasteiger partial charge in [0.1, 0.15) is 17.3 Å². The minimum atomic E-state index is -3.97. The lowest BCUT2D eigenvalue weighted by Crippen LogP contribution is -2.35. The zero-order valence-corrected chi connectivity index (χ0v) is 20.8. The van der Waals surface area contributed by atoms with Crippen LogP contribution >= 0.6 is 0 Å². The maximum Gasteiger partial charge on any atom is 0.401 e. The first-order valence-corrected chi connectivity index (χ1v) is 13.1. The van der Waals surface area contributed by atoms with E-state index < -0.39 is 21.4 Å². The molecular weight excluding hydrogens is 499 g/mol. The Bertz CT molecular complexity index is 1470. The van der Waals surface area contributed by atoms with Gasteiger partial charge in [0.15, 0.2) is 0 Å². The molecule has 0 amide bonds. The van der Waals surface area contributed by atoms with Crippen molar-refractivity contribution in [1.29, 1.82) is 0 Å². The number of aromatic nitrogens is 1. The molecule has 0 bridgehead atoms. The van der Waals surface area contributed by atoms with Gasteiger partial charge in [-0.3, -0.25) is 0 Å². The molecule has 8 nitrogen and oxygen atoms in total. The van der Waals surface area contributed by atoms with E-state index in [-0.39, 0.29) is 28.3 Å². The molecule has 1 aliphatic rings. The first kappa shape index (κ1) is 24.9. The summed E-state index contributed by atoms with van der Waals surface area (Å²) in [6.45, 7) is 0.983. The first-order valence-electron chi connectivity index (χ1n) is 11.6. The summed E-state index contributed by atoms with van der Waals surface area (Å²) in [5.41, 5.74) is 0.728. The van der Waals surface area contributed by atoms with E-state index in [2.05, 4.69) is 9.71 Å². The molecule has 1 N–H and O–H groups in total. The highest BCUT2D eigenvalue weighted by molar-refractivity contribution is 7.92. The Morgan fingerprint density at radius 1 is 0.973 bits per heavy atom. The molecule has 0 atom stereocenters. The van der Waals surface area contributed by atoms with E-state index in [1.54, 1.807) is 55.6 Å². The highest BCUT2D eigenvalue weighted by atomic mass is 32.2. The molecule has 0 saturated carbocycles. The second-order valence-electron chi connectivity index (χ2n) is 8.53. The Hall–Kier alpha value is -3.73. The molecule has 1 aliphatic heterocycles. The average molecular weight is 525 g/mol. The zero-order chi connectivity index (χ0) is 25.9. The molecule has 1 saturated heterocycles. The largest absolute Gasteiger partial charge is 0.411 e. The number of halogens is 1. The van der Waals surface area contributed by atoms with Gasteiger partial charge in [-0.15, -0.1) is 0 Å². The third-order valence-corrected chi connectivity index (χ3v) is 7.58. The lowest BCUT2D eigenvalue weighted by molar-refractivity contribution is -0.0950. The number of sulfonamides is 1. The van der Waals surface area contributed by atoms with E-state index in [4.69, 9.17) is 18.6 Å². The van der Waals surface area contributed by atoms with Crippen LogP contribution in [-0.2, 0) is 25.1 Å². The summed E-state index contributed by atoms with van der Waals surface area (Å²) in [5.74, 6) is -0.508. The summed E-state index contributed by atoms with van der Waals surface area (Å²) in [5, 5.41) is 0. The van der Waals surface area contributed by atoms with Gasteiger partial charge in [-0.25, -0.2) is 17.5 Å². The molecule has 0 unspecified atom stereocenters. The van der Waals surface area contributed by atoms with Crippen molar-refractivity contribution < 1.29 is 31.4 Å². The van der Waals surface area contributed by atoms with Crippen LogP contribution in [0.4, 0.5) is 10.3 Å². The number of rotatable bonds is 8. The molecule has 4 aromatic rings. The number of nitrogens with one attached hydrogen (secondary N) is 1. The Labute approximate surface area is 214 Å². The Morgan fingerprint density at radius 3 is 2.32 bits per heavy atom. The molecule has 1 aromatic heterocycles. The number of hydrogen-bond acceptors (Lipinski definition) is 7. The van der Waals surface area contributed by atoms with Crippen molar-refractivity contribution in [3.8, 4) is 23.1 Å². The number of oxazole rings is 1. The van der Waals surface area contributed by atoms with Crippen LogP contribution in [0.15, 0.2) is 88.2 Å². The molecule has 0 radical (unpaired) electrons. The molecule has 37 heavy (non-hydrogen) atoms. The van der Waals surface area contributed by atoms with Gasteiger partial charge < -0.3 is 18.6 Å². The number of anilines is 1. The first-order chi connectivity index (χ1) is 17.9. The Balaban J connectivity index is 1.50. The Kier molecular flexibility index (Phi) is 6.96. The molecule has 0 spiro atoms. The van der Waals surface area contributed by atoms with Gasteiger partial charge in [0.05, 0.1) is 10.5 Å². The number of ether oxygens (including phenoxy) is 3. The fourth-order valence-electron chi connectivity index (χ4n) is 4.28. The topological polar surface area (TPSA) is 99.9 Å². The highest BCUT2D eigenvalue weighted by Crippen LogP contribution is 2.39. The predicted molar refractivity (Wildman–Crippen MR) is 134 cm³/mol. The van der Waals surface area contributed by atoms with Crippen molar-refractivity contribution in [2.24, 2.45) is 0 Å². The summed E-state index contributed by atoms with van der Waals surface area (Å²) in [6, 6.07) is 21.1. The molecule has 0 aliphatic carbocycles. The third-order valence-electron chi connectivity index (χ3n) is 6.23. The van der Waals surface area contributed by atoms with Crippen LogP contribution in [0, 0.1) is 5.82 Å². The van der Waals surface area contributed by atoms with Crippen molar-refractivity contribution in [3.05, 3.63) is 90.2 Å². The van der Waals surface area contributed by atoms with Crippen LogP contribution in [0.2, 0.25) is 0 Å². The van der Waals surface area contributed by atoms with Gasteiger partial charge in [0, 0.05) is 44.8 Å². The van der Waals surface area contributed by atoms with Gasteiger partial charge in [-0.1, -0.05) is 48.5 Å². The lowest BCUT2D eigenvalue weighted by atomic mass is 9.86. The van der Waals surface area contributed by atoms with Crippen LogP contribution in [0.1, 0.15) is 18.4 Å². The van der Waals surface area contributed by atoms with E-state index in [0.717, 1.165) is 0 Å². The minimum Gasteiger partial charge on any atom is -0.411 e. The minimum absolute atomic E-state index is 0.0592. The molecule has 1 fully saturated rings. The second-order valence-corrected chi connectivity index (χ2v) is 10.2. The summed E-state index contributed by atoms with van der Waals surface area (Å²) >= 11 is 0. The van der Waals surface area contributed by atoms with Crippen molar-refractivity contribution in [3.63, 3.8) is 0 Å². The summed E-state index contributed by atoms with van der Waals surface area (Å²) in [6.07, 6.45) is 0.879. The zero-order valence-electron chi connectivity index (χ0n) is 20.0. The van der Waals surface area contributed by atoms with Crippen LogP contribution in [0.3, 0.4) is 0 Å². The van der Waals surface area contributed by atoms with Crippen molar-refractivity contribution in [2.45, 2.75) is 23.3 Å². The number of methoxy groups -OCH3 is 1. The van der Waals surface area contributed by atoms with E-state index in [1.807, 2.05) is 6.07 Å². The molecule has 10 heteroatoms. The normalized spacial score (nSPS) is 15.3. The third kappa shape index (κ3) is 5.36. The fourth-order valence-corrected chi connectivity index (χ4v) is 5.30. The Morgan fingerprint density at radius 2 is 1.65 bits per heavy atom. The van der Waals surface area contributed by atoms with Gasteiger partial charge in [0.25, 0.3) is 10.0 Å². The molecule has 3 aromatic carbocycles. The van der Waals surface area contributed by atoms with E-state index in [0.29, 0.717) is 37.2 Å². The molecule has 5 rings (SSSR count). The van der Waals surface area contributed by atoms with E-state index in [1.165, 1.54) is 24.3 Å². The predicted octanol–water partition coefficient (Wildman–Crippen LogP) is 5.73. The van der Waals surface area contributed by atoms with Crippen molar-refractivity contribution >= 4 is 15.9 Å². The second kappa shape index (κ2) is 10.3. The van der Waals surface area contributed by atoms with Crippen LogP contribution in [0.5, 0.6) is 11.8 Å². The molecule has 2 heterocycles. The maximum absolute atomic E-state index is 14.6. The standard InChI is InChI=1S/C27H25FN2O6S/c1-33-27(12-14-34-15-13-27)20-16-21(28)18-22(17-20)35-26-29-24(19-8-4-2-5-9-19)25(36-26)30-37(31,32)23-10-6-3-7-11-23/h2-11,16-18,30H,12-15H2,1H3. The van der Waals surface area contributed by atoms with Gasteiger partial charge in [0.2, 0.25) is 5.88 Å². The van der Waals surface area contributed by atoms with Crippen molar-refractivity contribution in [2.75, 3.05) is 25.0 Å². The van der Waals surface area contributed by atoms with Crippen LogP contribution in [0.25, 0.3) is 11.3 Å². The maximum atomic E-state index is 14.6. The molecular formula is C27H25FN2O6S. The fraction of sp³-hybridized carbons (Fsp3) is 0.222. The monoisotopic (exact) mass is 524 g/mol. The van der Waals surface area contributed by atoms with Crippen LogP contribution in [-0.4, -0.2) is 33.7 Å². The number of benzene rings is 3. The SMILES string of the molecule is COC1(c2cc(F)cc(Oc3nc(-c4ccccc4)c(NS(=O)(=O)c4ccccc4)o3)c2)CCOCC1. The number of hydrogen-bond donors (Lipinski definition) is 1. The summed E-state index contributed by atoms with van der Waals surface area (Å²) < 4.78 is 65.8. The quantitative estimate of drug-likeness (QED) is 0.314. The van der Waals surface area contributed by atoms with Crippen LogP contribution < -0.4 is 9.46 Å². The van der Waals surface area contributed by atoms with Gasteiger partial charge in [-0.2, -0.15) is 4.98 Å². The smallest absolute Gasteiger partial charge is 0.401 e. The van der Waals surface area contributed by atoms with Gasteiger partial charge in [-0.05, 0) is 29.8 Å². The lowest BCUT2D eigenvalue weighted by Gasteiger charge is -2.36. The molecule has 192 valence electrons. The highest BCUT2D eigenvalue weighted by Gasteiger charge is 2.35. The average Bonchev–Trinajstić information content (AvgIpc) is 3.30.